The number of aromatic amines is 1. The molecule has 0 saturated carbocycles. The molecule has 0 aliphatic carbocycles. The third-order valence-corrected chi connectivity index (χ3v) is 2.30. The molecule has 6 heteroatoms. The van der Waals surface area contributed by atoms with E-state index in [0.717, 1.165) is 18.6 Å². The quantitative estimate of drug-likeness (QED) is 0.603. The first kappa shape index (κ1) is 13.3. The van der Waals surface area contributed by atoms with E-state index in [4.69, 9.17) is 0 Å². The van der Waals surface area contributed by atoms with Gasteiger partial charge in [0, 0.05) is 5.71 Å². The van der Waals surface area contributed by atoms with E-state index in [-0.39, 0.29) is 11.5 Å². The molecule has 0 aromatic carbocycles. The molecule has 2 N–H and O–H groups in total. The lowest BCUT2D eigenvalue weighted by Gasteiger charge is -2.04. The average Bonchev–Trinajstić information content (AvgIpc) is 2.28. The number of aromatic nitrogens is 3. The van der Waals surface area contributed by atoms with E-state index < -0.39 is 0 Å². The molecule has 0 unspecified atom stereocenters. The van der Waals surface area contributed by atoms with Gasteiger partial charge < -0.3 is 0 Å². The maximum absolute atomic E-state index is 11.3. The van der Waals surface area contributed by atoms with Crippen molar-refractivity contribution < 1.29 is 0 Å². The van der Waals surface area contributed by atoms with Crippen molar-refractivity contribution in [2.24, 2.45) is 11.0 Å². The highest BCUT2D eigenvalue weighted by Gasteiger charge is 1.99. The highest BCUT2D eigenvalue weighted by atomic mass is 16.1. The summed E-state index contributed by atoms with van der Waals surface area (Å²) in [5.41, 5.74) is 3.76. The van der Waals surface area contributed by atoms with Crippen molar-refractivity contribution in [1.29, 1.82) is 0 Å². The summed E-state index contributed by atoms with van der Waals surface area (Å²) >= 11 is 0. The molecule has 94 valence electrons. The third kappa shape index (κ3) is 4.76. The molecule has 1 aromatic heterocycles. The first-order chi connectivity index (χ1) is 7.99. The fourth-order valence-electron chi connectivity index (χ4n) is 1.15. The van der Waals surface area contributed by atoms with Gasteiger partial charge in [-0.2, -0.15) is 5.10 Å². The van der Waals surface area contributed by atoms with Crippen LogP contribution in [0.2, 0.25) is 0 Å². The molecule has 0 aliphatic heterocycles. The Hall–Kier alpha value is -1.72. The topological polar surface area (TPSA) is 83.0 Å². The van der Waals surface area contributed by atoms with Gasteiger partial charge in [-0.25, -0.2) is 5.43 Å². The first-order valence-electron chi connectivity index (χ1n) is 5.72. The number of hydrogen-bond acceptors (Lipinski definition) is 5. The minimum Gasteiger partial charge on any atom is -0.288 e. The highest BCUT2D eigenvalue weighted by molar-refractivity contribution is 5.82. The van der Waals surface area contributed by atoms with Crippen LogP contribution >= 0.6 is 0 Å². The van der Waals surface area contributed by atoms with Gasteiger partial charge in [-0.15, -0.1) is 10.2 Å². The van der Waals surface area contributed by atoms with Gasteiger partial charge in [0.05, 0.1) is 0 Å². The highest BCUT2D eigenvalue weighted by Crippen LogP contribution is 2.04. The molecule has 17 heavy (non-hydrogen) atoms. The van der Waals surface area contributed by atoms with Crippen molar-refractivity contribution in [2.45, 2.75) is 40.5 Å². The Labute approximate surface area is 101 Å². The van der Waals surface area contributed by atoms with Crippen LogP contribution in [0.25, 0.3) is 0 Å². The average molecular weight is 237 g/mol. The van der Waals surface area contributed by atoms with Crippen molar-refractivity contribution in [3.8, 4) is 0 Å². The Balaban J connectivity index is 2.56. The van der Waals surface area contributed by atoms with Crippen molar-refractivity contribution in [1.82, 2.24) is 15.2 Å². The van der Waals surface area contributed by atoms with E-state index >= 15 is 0 Å². The fraction of sp³-hybridized carbons (Fsp3) is 0.636. The lowest BCUT2D eigenvalue weighted by Crippen LogP contribution is -2.15. The molecule has 1 heterocycles. The largest absolute Gasteiger partial charge is 0.288 e. The second-order valence-electron chi connectivity index (χ2n) is 4.48. The molecular formula is C11H19N5O. The summed E-state index contributed by atoms with van der Waals surface area (Å²) in [4.78, 5) is 13.8. The minimum absolute atomic E-state index is 0.252. The number of rotatable bonds is 5. The van der Waals surface area contributed by atoms with Crippen LogP contribution in [0.3, 0.4) is 0 Å². The summed E-state index contributed by atoms with van der Waals surface area (Å²) in [6.45, 7) is 7.88. The van der Waals surface area contributed by atoms with E-state index in [0.29, 0.717) is 11.6 Å². The van der Waals surface area contributed by atoms with Gasteiger partial charge in [0.2, 0.25) is 5.95 Å². The fourth-order valence-corrected chi connectivity index (χ4v) is 1.15. The van der Waals surface area contributed by atoms with Crippen molar-refractivity contribution >= 4 is 11.7 Å². The number of H-pyrrole nitrogens is 1. The van der Waals surface area contributed by atoms with Crippen LogP contribution in [0, 0.1) is 12.8 Å². The van der Waals surface area contributed by atoms with Gasteiger partial charge in [-0.3, -0.25) is 9.78 Å². The number of hydrogen-bond donors (Lipinski definition) is 2. The molecule has 0 saturated heterocycles. The molecule has 0 spiro atoms. The predicted octanol–water partition coefficient (Wildman–Crippen LogP) is 1.70. The number of aryl methyl sites for hydroxylation is 1. The summed E-state index contributed by atoms with van der Waals surface area (Å²) in [5.74, 6) is 0.920. The second-order valence-corrected chi connectivity index (χ2v) is 4.48. The Morgan fingerprint density at radius 2 is 2.18 bits per heavy atom. The summed E-state index contributed by atoms with van der Waals surface area (Å²) in [6.07, 6.45) is 2.02. The maximum Gasteiger partial charge on any atom is 0.274 e. The third-order valence-electron chi connectivity index (χ3n) is 2.30. The Kier molecular flexibility index (Phi) is 4.81. The van der Waals surface area contributed by atoms with Crippen LogP contribution in [-0.4, -0.2) is 20.9 Å². The molecule has 1 rings (SSSR count). The van der Waals surface area contributed by atoms with Crippen LogP contribution in [0.15, 0.2) is 9.90 Å². The van der Waals surface area contributed by atoms with E-state index in [2.05, 4.69) is 39.6 Å². The molecule has 1 aromatic rings. The minimum atomic E-state index is -0.252. The zero-order chi connectivity index (χ0) is 12.8. The summed E-state index contributed by atoms with van der Waals surface area (Å²) in [5, 5.41) is 11.6. The van der Waals surface area contributed by atoms with Crippen molar-refractivity contribution in [3.05, 3.63) is 16.0 Å². The van der Waals surface area contributed by atoms with Crippen LogP contribution in [0.4, 0.5) is 5.95 Å². The lowest BCUT2D eigenvalue weighted by molar-refractivity contribution is 0.602. The first-order valence-corrected chi connectivity index (χ1v) is 5.72. The van der Waals surface area contributed by atoms with E-state index in [9.17, 15) is 4.79 Å². The van der Waals surface area contributed by atoms with Gasteiger partial charge in [-0.05, 0) is 32.6 Å². The molecule has 6 nitrogen and oxygen atoms in total. The van der Waals surface area contributed by atoms with Gasteiger partial charge in [-0.1, -0.05) is 13.8 Å². The van der Waals surface area contributed by atoms with Gasteiger partial charge >= 0.3 is 0 Å². The Morgan fingerprint density at radius 1 is 1.47 bits per heavy atom. The second kappa shape index (κ2) is 6.12. The lowest BCUT2D eigenvalue weighted by atomic mass is 10.1. The number of anilines is 1. The molecule has 0 bridgehead atoms. The van der Waals surface area contributed by atoms with Gasteiger partial charge in [0.1, 0.15) is 5.69 Å². The van der Waals surface area contributed by atoms with Crippen LogP contribution < -0.4 is 11.0 Å². The van der Waals surface area contributed by atoms with Crippen LogP contribution in [0.5, 0.6) is 0 Å². The van der Waals surface area contributed by atoms with E-state index in [1.807, 2.05) is 6.92 Å². The zero-order valence-corrected chi connectivity index (χ0v) is 10.7. The number of nitrogens with one attached hydrogen (secondary N) is 2. The molecule has 0 amide bonds. The summed E-state index contributed by atoms with van der Waals surface area (Å²) < 4.78 is 0. The smallest absolute Gasteiger partial charge is 0.274 e. The number of nitrogens with zero attached hydrogens (tertiary/aromatic N) is 3. The van der Waals surface area contributed by atoms with Gasteiger partial charge in [0.15, 0.2) is 0 Å². The maximum atomic E-state index is 11.3. The molecule has 0 aliphatic rings. The van der Waals surface area contributed by atoms with E-state index in [1.54, 1.807) is 6.92 Å². The number of hydrazone groups is 1. The molecule has 0 radical (unpaired) electrons. The normalized spacial score (nSPS) is 11.9. The SMILES string of the molecule is C/C(CCC(C)C)=N/Nc1nnc(C)c(=O)[nH]1. The Bertz CT molecular complexity index is 449. The molecule has 0 fully saturated rings. The summed E-state index contributed by atoms with van der Waals surface area (Å²) in [7, 11) is 0. The van der Waals surface area contributed by atoms with Crippen LogP contribution in [-0.2, 0) is 0 Å². The van der Waals surface area contributed by atoms with Crippen LogP contribution in [0.1, 0.15) is 39.3 Å². The standard InChI is InChI=1S/C11H19N5O/c1-7(2)5-6-8(3)13-15-11-12-10(17)9(4)14-16-11/h7H,5-6H2,1-4H3,(H2,12,15,16,17)/b13-8-. The Morgan fingerprint density at radius 3 is 2.76 bits per heavy atom. The zero-order valence-electron chi connectivity index (χ0n) is 10.7. The molecular weight excluding hydrogens is 218 g/mol. The monoisotopic (exact) mass is 237 g/mol. The van der Waals surface area contributed by atoms with Gasteiger partial charge in [0.25, 0.3) is 5.56 Å². The van der Waals surface area contributed by atoms with E-state index in [1.165, 1.54) is 0 Å². The summed E-state index contributed by atoms with van der Waals surface area (Å²) in [6, 6.07) is 0. The predicted molar refractivity (Wildman–Crippen MR) is 68.2 cm³/mol. The van der Waals surface area contributed by atoms with Crippen molar-refractivity contribution in [2.75, 3.05) is 5.43 Å². The molecule has 0 atom stereocenters. The van der Waals surface area contributed by atoms with Crippen molar-refractivity contribution in [3.63, 3.8) is 0 Å².